The third-order valence-corrected chi connectivity index (χ3v) is 2.93. The molecule has 0 spiro atoms. The smallest absolute Gasteiger partial charge is 0.339 e. The molecule has 1 aliphatic heterocycles. The number of hydrogen-bond donors (Lipinski definition) is 2. The van der Waals surface area contributed by atoms with Crippen molar-refractivity contribution in [3.63, 3.8) is 0 Å². The number of aromatic carboxylic acids is 1. The summed E-state index contributed by atoms with van der Waals surface area (Å²) < 4.78 is 1.85. The molecule has 2 heterocycles. The maximum absolute atomic E-state index is 10.9. The zero-order valence-corrected chi connectivity index (χ0v) is 8.73. The number of hydrogen-bond acceptors (Lipinski definition) is 3. The van der Waals surface area contributed by atoms with Crippen molar-refractivity contribution in [1.29, 1.82) is 0 Å². The van der Waals surface area contributed by atoms with Crippen LogP contribution in [0.3, 0.4) is 0 Å². The summed E-state index contributed by atoms with van der Waals surface area (Å²) >= 11 is 0. The zero-order chi connectivity index (χ0) is 10.8. The van der Waals surface area contributed by atoms with Gasteiger partial charge in [-0.3, -0.25) is 4.68 Å². The summed E-state index contributed by atoms with van der Waals surface area (Å²) in [6.07, 6.45) is 3.48. The van der Waals surface area contributed by atoms with Crippen LogP contribution in [0, 0.1) is 6.92 Å². The van der Waals surface area contributed by atoms with Gasteiger partial charge in [-0.1, -0.05) is 0 Å². The maximum atomic E-state index is 10.9. The van der Waals surface area contributed by atoms with E-state index in [0.29, 0.717) is 11.6 Å². The normalized spacial score (nSPS) is 17.9. The van der Waals surface area contributed by atoms with Crippen LogP contribution in [0.1, 0.15) is 34.9 Å². The molecular formula is C10H15N3O2. The molecule has 0 aliphatic carbocycles. The number of carboxylic acids is 1. The van der Waals surface area contributed by atoms with E-state index in [4.69, 9.17) is 5.11 Å². The number of rotatable bonds is 2. The number of piperidine rings is 1. The minimum Gasteiger partial charge on any atom is -0.478 e. The quantitative estimate of drug-likeness (QED) is 0.756. The lowest BCUT2D eigenvalue weighted by molar-refractivity contribution is 0.0696. The topological polar surface area (TPSA) is 67.1 Å². The highest BCUT2D eigenvalue weighted by Gasteiger charge is 2.20. The Kier molecular flexibility index (Phi) is 2.73. The Balaban J connectivity index is 2.24. The van der Waals surface area contributed by atoms with Crippen LogP contribution >= 0.6 is 0 Å². The Morgan fingerprint density at radius 2 is 2.27 bits per heavy atom. The molecule has 0 unspecified atom stereocenters. The van der Waals surface area contributed by atoms with Crippen molar-refractivity contribution in [3.05, 3.63) is 17.5 Å². The Morgan fingerprint density at radius 1 is 1.60 bits per heavy atom. The van der Waals surface area contributed by atoms with Gasteiger partial charge < -0.3 is 10.4 Å². The van der Waals surface area contributed by atoms with Gasteiger partial charge in [0.2, 0.25) is 0 Å². The lowest BCUT2D eigenvalue weighted by Gasteiger charge is -2.24. The molecule has 1 aliphatic rings. The molecular weight excluding hydrogens is 194 g/mol. The molecule has 15 heavy (non-hydrogen) atoms. The molecule has 0 saturated carbocycles. The van der Waals surface area contributed by atoms with E-state index in [-0.39, 0.29) is 0 Å². The lowest BCUT2D eigenvalue weighted by atomic mass is 10.1. The molecule has 1 aromatic heterocycles. The van der Waals surface area contributed by atoms with E-state index in [1.165, 1.54) is 6.20 Å². The largest absolute Gasteiger partial charge is 0.478 e. The van der Waals surface area contributed by atoms with Crippen molar-refractivity contribution < 1.29 is 9.90 Å². The van der Waals surface area contributed by atoms with Crippen molar-refractivity contribution in [1.82, 2.24) is 15.1 Å². The standard InChI is InChI=1S/C10H15N3O2/c1-7-9(10(14)15)6-12-13(7)8-2-4-11-5-3-8/h6,8,11H,2-5H2,1H3,(H,14,15). The molecule has 1 saturated heterocycles. The molecule has 82 valence electrons. The summed E-state index contributed by atoms with van der Waals surface area (Å²) in [7, 11) is 0. The van der Waals surface area contributed by atoms with Gasteiger partial charge in [-0.15, -0.1) is 0 Å². The predicted octanol–water partition coefficient (Wildman–Crippen LogP) is 0.814. The van der Waals surface area contributed by atoms with Crippen molar-refractivity contribution in [2.45, 2.75) is 25.8 Å². The number of carboxylic acid groups (broad SMARTS) is 1. The van der Waals surface area contributed by atoms with E-state index in [1.807, 2.05) is 11.6 Å². The van der Waals surface area contributed by atoms with Gasteiger partial charge in [-0.25, -0.2) is 4.79 Å². The fourth-order valence-corrected chi connectivity index (χ4v) is 2.05. The second-order valence-corrected chi connectivity index (χ2v) is 3.87. The third kappa shape index (κ3) is 1.87. The highest BCUT2D eigenvalue weighted by molar-refractivity contribution is 5.88. The van der Waals surface area contributed by atoms with Crippen LogP contribution in [0.15, 0.2) is 6.20 Å². The van der Waals surface area contributed by atoms with Gasteiger partial charge in [0.25, 0.3) is 0 Å². The average Bonchev–Trinajstić information content (AvgIpc) is 2.61. The van der Waals surface area contributed by atoms with Gasteiger partial charge in [0, 0.05) is 0 Å². The minimum absolute atomic E-state index is 0.313. The lowest BCUT2D eigenvalue weighted by Crippen LogP contribution is -2.30. The fourth-order valence-electron chi connectivity index (χ4n) is 2.05. The molecule has 2 N–H and O–H groups in total. The van der Waals surface area contributed by atoms with Gasteiger partial charge in [-0.05, 0) is 32.9 Å². The average molecular weight is 209 g/mol. The molecule has 0 aromatic carbocycles. The highest BCUT2D eigenvalue weighted by atomic mass is 16.4. The SMILES string of the molecule is Cc1c(C(=O)O)cnn1C1CCNCC1. The summed E-state index contributed by atoms with van der Waals surface area (Å²) in [4.78, 5) is 10.9. The van der Waals surface area contributed by atoms with Crippen LogP contribution in [0.4, 0.5) is 0 Å². The molecule has 0 bridgehead atoms. The third-order valence-electron chi connectivity index (χ3n) is 2.93. The van der Waals surface area contributed by atoms with Gasteiger partial charge in [-0.2, -0.15) is 5.10 Å². The molecule has 0 amide bonds. The highest BCUT2D eigenvalue weighted by Crippen LogP contribution is 2.21. The minimum atomic E-state index is -0.896. The summed E-state index contributed by atoms with van der Waals surface area (Å²) in [5.41, 5.74) is 1.07. The number of carbonyl (C=O) groups is 1. The second-order valence-electron chi connectivity index (χ2n) is 3.87. The van der Waals surface area contributed by atoms with Gasteiger partial charge in [0.05, 0.1) is 17.9 Å². The summed E-state index contributed by atoms with van der Waals surface area (Å²) in [6.45, 7) is 3.78. The monoisotopic (exact) mass is 209 g/mol. The Labute approximate surface area is 88.1 Å². The van der Waals surface area contributed by atoms with Crippen LogP contribution in [-0.4, -0.2) is 33.9 Å². The molecule has 5 heteroatoms. The summed E-state index contributed by atoms with van der Waals surface area (Å²) in [5, 5.41) is 16.4. The van der Waals surface area contributed by atoms with Gasteiger partial charge >= 0.3 is 5.97 Å². The number of nitrogens with one attached hydrogen (secondary N) is 1. The second kappa shape index (κ2) is 4.02. The maximum Gasteiger partial charge on any atom is 0.339 e. The van der Waals surface area contributed by atoms with Crippen LogP contribution in [0.25, 0.3) is 0 Å². The molecule has 1 aromatic rings. The number of nitrogens with zero attached hydrogens (tertiary/aromatic N) is 2. The van der Waals surface area contributed by atoms with Gasteiger partial charge in [0.15, 0.2) is 0 Å². The summed E-state index contributed by atoms with van der Waals surface area (Å²) in [5.74, 6) is -0.896. The first-order chi connectivity index (χ1) is 7.20. The molecule has 0 radical (unpaired) electrons. The Bertz CT molecular complexity index is 367. The van der Waals surface area contributed by atoms with Crippen molar-refractivity contribution >= 4 is 5.97 Å². The number of aromatic nitrogens is 2. The fraction of sp³-hybridized carbons (Fsp3) is 0.600. The van der Waals surface area contributed by atoms with Crippen LogP contribution < -0.4 is 5.32 Å². The first-order valence-electron chi connectivity index (χ1n) is 5.18. The van der Waals surface area contributed by atoms with Crippen molar-refractivity contribution in [3.8, 4) is 0 Å². The predicted molar refractivity (Wildman–Crippen MR) is 55.1 cm³/mol. The van der Waals surface area contributed by atoms with E-state index in [9.17, 15) is 4.79 Å². The first kappa shape index (κ1) is 10.2. The zero-order valence-electron chi connectivity index (χ0n) is 8.73. The van der Waals surface area contributed by atoms with E-state index < -0.39 is 5.97 Å². The molecule has 0 atom stereocenters. The molecule has 5 nitrogen and oxygen atoms in total. The van der Waals surface area contributed by atoms with E-state index >= 15 is 0 Å². The first-order valence-corrected chi connectivity index (χ1v) is 5.18. The van der Waals surface area contributed by atoms with Gasteiger partial charge in [0.1, 0.15) is 5.56 Å². The molecule has 2 rings (SSSR count). The van der Waals surface area contributed by atoms with Crippen molar-refractivity contribution in [2.75, 3.05) is 13.1 Å². The molecule has 1 fully saturated rings. The Morgan fingerprint density at radius 3 is 2.80 bits per heavy atom. The van der Waals surface area contributed by atoms with Crippen LogP contribution in [0.5, 0.6) is 0 Å². The van der Waals surface area contributed by atoms with Crippen molar-refractivity contribution in [2.24, 2.45) is 0 Å². The van der Waals surface area contributed by atoms with E-state index in [2.05, 4.69) is 10.4 Å². The van der Waals surface area contributed by atoms with E-state index in [1.54, 1.807) is 0 Å². The summed E-state index contributed by atoms with van der Waals surface area (Å²) in [6, 6.07) is 0.347. The van der Waals surface area contributed by atoms with Crippen LogP contribution in [-0.2, 0) is 0 Å². The van der Waals surface area contributed by atoms with E-state index in [0.717, 1.165) is 31.6 Å². The van der Waals surface area contributed by atoms with Crippen LogP contribution in [0.2, 0.25) is 0 Å². The Hall–Kier alpha value is -1.36.